The second kappa shape index (κ2) is 7.30. The molecular weight excluding hydrogens is 363 g/mol. The van der Waals surface area contributed by atoms with Crippen molar-refractivity contribution in [1.82, 2.24) is 4.90 Å². The van der Waals surface area contributed by atoms with Gasteiger partial charge < -0.3 is 14.7 Å². The summed E-state index contributed by atoms with van der Waals surface area (Å²) in [4.78, 5) is 25.7. The predicted molar refractivity (Wildman–Crippen MR) is 89.4 cm³/mol. The number of amides is 1. The Kier molecular flexibility index (Phi) is 5.07. The molecule has 2 aromatic carbocycles. The highest BCUT2D eigenvalue weighted by atomic mass is 19.4. The summed E-state index contributed by atoms with van der Waals surface area (Å²) in [5.74, 6) is -1.63. The molecule has 27 heavy (non-hydrogen) atoms. The van der Waals surface area contributed by atoms with Gasteiger partial charge in [-0.2, -0.15) is 13.2 Å². The quantitative estimate of drug-likeness (QED) is 0.885. The lowest BCUT2D eigenvalue weighted by molar-refractivity contribution is -0.153. The van der Waals surface area contributed by atoms with Gasteiger partial charge in [0.1, 0.15) is 11.8 Å². The molecule has 0 saturated carbocycles. The van der Waals surface area contributed by atoms with Crippen molar-refractivity contribution < 1.29 is 32.6 Å². The fourth-order valence-corrected chi connectivity index (χ4v) is 2.98. The number of halogens is 3. The van der Waals surface area contributed by atoms with Gasteiger partial charge in [0.05, 0.1) is 0 Å². The first kappa shape index (κ1) is 18.8. The van der Waals surface area contributed by atoms with Crippen LogP contribution in [0.5, 0.6) is 5.75 Å². The van der Waals surface area contributed by atoms with Crippen LogP contribution in [0.1, 0.15) is 21.5 Å². The zero-order valence-corrected chi connectivity index (χ0v) is 14.1. The number of carboxylic acid groups (broad SMARTS) is 1. The number of carbonyl (C=O) groups excluding carboxylic acids is 1. The lowest BCUT2D eigenvalue weighted by Gasteiger charge is -2.34. The monoisotopic (exact) mass is 379 g/mol. The van der Waals surface area contributed by atoms with Crippen LogP contribution in [0.4, 0.5) is 13.2 Å². The number of fused-ring (bicyclic) bond motifs is 1. The first-order valence-corrected chi connectivity index (χ1v) is 8.15. The van der Waals surface area contributed by atoms with Gasteiger partial charge >= 0.3 is 12.1 Å². The van der Waals surface area contributed by atoms with Gasteiger partial charge in [-0.05, 0) is 35.4 Å². The van der Waals surface area contributed by atoms with Crippen LogP contribution < -0.4 is 4.74 Å². The minimum Gasteiger partial charge on any atom is -0.484 e. The minimum atomic E-state index is -4.45. The van der Waals surface area contributed by atoms with E-state index in [1.54, 1.807) is 0 Å². The van der Waals surface area contributed by atoms with Gasteiger partial charge in [-0.1, -0.05) is 24.3 Å². The van der Waals surface area contributed by atoms with Gasteiger partial charge in [-0.25, -0.2) is 4.79 Å². The van der Waals surface area contributed by atoms with Crippen molar-refractivity contribution in [3.63, 3.8) is 0 Å². The van der Waals surface area contributed by atoms with Gasteiger partial charge in [-0.3, -0.25) is 4.79 Å². The number of hydrogen-bond donors (Lipinski definition) is 1. The Morgan fingerprint density at radius 2 is 1.70 bits per heavy atom. The highest BCUT2D eigenvalue weighted by molar-refractivity contribution is 5.97. The highest BCUT2D eigenvalue weighted by Gasteiger charge is 2.35. The second-order valence-electron chi connectivity index (χ2n) is 6.19. The number of hydrogen-bond acceptors (Lipinski definition) is 3. The van der Waals surface area contributed by atoms with Crippen LogP contribution in [0.25, 0.3) is 0 Å². The standard InChI is InChI=1S/C19H16F3NO4/c20-19(21,22)11-27-15-7-5-12(6-8-15)17(24)23-10-14-4-2-1-3-13(14)9-16(23)18(25)26/h1-8,16H,9-11H2,(H,25,26). The molecule has 5 nitrogen and oxygen atoms in total. The minimum absolute atomic E-state index is 0.0253. The second-order valence-corrected chi connectivity index (χ2v) is 6.19. The molecule has 1 atom stereocenters. The summed E-state index contributed by atoms with van der Waals surface area (Å²) in [6.45, 7) is -1.28. The Bertz CT molecular complexity index is 849. The smallest absolute Gasteiger partial charge is 0.422 e. The predicted octanol–water partition coefficient (Wildman–Crippen LogP) is 3.28. The molecule has 0 aromatic heterocycles. The van der Waals surface area contributed by atoms with Crippen LogP contribution >= 0.6 is 0 Å². The number of aliphatic carboxylic acids is 1. The van der Waals surface area contributed by atoms with Gasteiger partial charge in [0.15, 0.2) is 6.61 Å². The van der Waals surface area contributed by atoms with E-state index in [9.17, 15) is 27.9 Å². The first-order chi connectivity index (χ1) is 12.7. The Hall–Kier alpha value is -3.03. The third-order valence-corrected chi connectivity index (χ3v) is 4.30. The van der Waals surface area contributed by atoms with Crippen LogP contribution in [0.3, 0.4) is 0 Å². The molecule has 2 aromatic rings. The molecule has 8 heteroatoms. The molecule has 0 aliphatic carbocycles. The number of rotatable bonds is 4. The molecule has 1 heterocycles. The van der Waals surface area contributed by atoms with Crippen molar-refractivity contribution in [3.8, 4) is 5.75 Å². The van der Waals surface area contributed by atoms with E-state index in [0.717, 1.165) is 11.1 Å². The average Bonchev–Trinajstić information content (AvgIpc) is 2.64. The van der Waals surface area contributed by atoms with Crippen LogP contribution in [0, 0.1) is 0 Å². The van der Waals surface area contributed by atoms with E-state index in [-0.39, 0.29) is 24.3 Å². The Labute approximate surface area is 153 Å². The van der Waals surface area contributed by atoms with Gasteiger partial charge in [0, 0.05) is 18.5 Å². The summed E-state index contributed by atoms with van der Waals surface area (Å²) in [6.07, 6.45) is -4.26. The zero-order valence-electron chi connectivity index (χ0n) is 14.1. The average molecular weight is 379 g/mol. The van der Waals surface area contributed by atoms with Crippen molar-refractivity contribution >= 4 is 11.9 Å². The maximum Gasteiger partial charge on any atom is 0.422 e. The third kappa shape index (κ3) is 4.39. The molecule has 0 fully saturated rings. The molecule has 142 valence electrons. The maximum absolute atomic E-state index is 12.8. The summed E-state index contributed by atoms with van der Waals surface area (Å²) >= 11 is 0. The zero-order chi connectivity index (χ0) is 19.6. The van der Waals surface area contributed by atoms with E-state index < -0.39 is 30.7 Å². The summed E-state index contributed by atoms with van der Waals surface area (Å²) < 4.78 is 41.2. The van der Waals surface area contributed by atoms with E-state index in [4.69, 9.17) is 0 Å². The van der Waals surface area contributed by atoms with Crippen molar-refractivity contribution in [1.29, 1.82) is 0 Å². The molecule has 1 unspecified atom stereocenters. The Morgan fingerprint density at radius 3 is 2.30 bits per heavy atom. The van der Waals surface area contributed by atoms with Crippen molar-refractivity contribution in [3.05, 3.63) is 65.2 Å². The fourth-order valence-electron chi connectivity index (χ4n) is 2.98. The number of nitrogens with zero attached hydrogens (tertiary/aromatic N) is 1. The summed E-state index contributed by atoms with van der Waals surface area (Å²) in [6, 6.07) is 11.5. The molecule has 1 aliphatic rings. The summed E-state index contributed by atoms with van der Waals surface area (Å²) in [7, 11) is 0. The Morgan fingerprint density at radius 1 is 1.07 bits per heavy atom. The third-order valence-electron chi connectivity index (χ3n) is 4.30. The number of alkyl halides is 3. The maximum atomic E-state index is 12.8. The molecule has 0 spiro atoms. The molecule has 1 aliphatic heterocycles. The van der Waals surface area contributed by atoms with E-state index in [1.165, 1.54) is 29.2 Å². The largest absolute Gasteiger partial charge is 0.484 e. The fraction of sp³-hybridized carbons (Fsp3) is 0.263. The van der Waals surface area contributed by atoms with Crippen molar-refractivity contribution in [2.24, 2.45) is 0 Å². The Balaban J connectivity index is 1.78. The van der Waals surface area contributed by atoms with Crippen LogP contribution in [0.15, 0.2) is 48.5 Å². The molecule has 3 rings (SSSR count). The normalized spacial score (nSPS) is 16.6. The molecule has 0 radical (unpaired) electrons. The van der Waals surface area contributed by atoms with Gasteiger partial charge in [-0.15, -0.1) is 0 Å². The summed E-state index contributed by atoms with van der Waals surface area (Å²) in [5.41, 5.74) is 1.93. The molecule has 1 N–H and O–H groups in total. The number of carboxylic acids is 1. The first-order valence-electron chi connectivity index (χ1n) is 8.15. The number of benzene rings is 2. The van der Waals surface area contributed by atoms with Gasteiger partial charge in [0.25, 0.3) is 5.91 Å². The van der Waals surface area contributed by atoms with Crippen LogP contribution in [-0.2, 0) is 17.8 Å². The number of ether oxygens (including phenoxy) is 1. The molecule has 1 amide bonds. The summed E-state index contributed by atoms with van der Waals surface area (Å²) in [5, 5.41) is 9.50. The SMILES string of the molecule is O=C(O)C1Cc2ccccc2CN1C(=O)c1ccc(OCC(F)(F)F)cc1. The van der Waals surface area contributed by atoms with Gasteiger partial charge in [0.2, 0.25) is 0 Å². The van der Waals surface area contributed by atoms with E-state index in [1.807, 2.05) is 24.3 Å². The highest BCUT2D eigenvalue weighted by Crippen LogP contribution is 2.26. The van der Waals surface area contributed by atoms with Crippen LogP contribution in [-0.4, -0.2) is 40.7 Å². The van der Waals surface area contributed by atoms with Crippen molar-refractivity contribution in [2.45, 2.75) is 25.2 Å². The number of carbonyl (C=O) groups is 2. The van der Waals surface area contributed by atoms with Crippen molar-refractivity contribution in [2.75, 3.05) is 6.61 Å². The van der Waals surface area contributed by atoms with E-state index in [2.05, 4.69) is 4.74 Å². The molecule has 0 saturated heterocycles. The van der Waals surface area contributed by atoms with Crippen LogP contribution in [0.2, 0.25) is 0 Å². The van der Waals surface area contributed by atoms with E-state index in [0.29, 0.717) is 0 Å². The van der Waals surface area contributed by atoms with E-state index >= 15 is 0 Å². The lowest BCUT2D eigenvalue weighted by Crippen LogP contribution is -2.48. The molecule has 0 bridgehead atoms. The topological polar surface area (TPSA) is 66.8 Å². The molecular formula is C19H16F3NO4. The lowest BCUT2D eigenvalue weighted by atomic mass is 9.93.